The van der Waals surface area contributed by atoms with Crippen LogP contribution in [0.5, 0.6) is 5.75 Å². The molecule has 2 rings (SSSR count). The van der Waals surface area contributed by atoms with Crippen molar-refractivity contribution < 1.29 is 9.84 Å². The fourth-order valence-electron chi connectivity index (χ4n) is 2.05. The van der Waals surface area contributed by atoms with Crippen LogP contribution in [0.4, 0.5) is 0 Å². The summed E-state index contributed by atoms with van der Waals surface area (Å²) in [5.41, 5.74) is 3.31. The Kier molecular flexibility index (Phi) is 5.36. The molecule has 0 spiro atoms. The maximum Gasteiger partial charge on any atom is 0.122 e. The molecule has 5 nitrogen and oxygen atoms in total. The smallest absolute Gasteiger partial charge is 0.122 e. The lowest BCUT2D eigenvalue weighted by Crippen LogP contribution is -2.31. The largest absolute Gasteiger partial charge is 0.491 e. The number of ether oxygens (including phenoxy) is 1. The molecule has 0 saturated heterocycles. The number of hydrogen-bond acceptors (Lipinski definition) is 4. The minimum atomic E-state index is -0.543. The van der Waals surface area contributed by atoms with Crippen LogP contribution in [-0.4, -0.2) is 34.1 Å². The molecule has 0 bridgehead atoms. The first kappa shape index (κ1) is 15.5. The number of rotatable bonds is 7. The van der Waals surface area contributed by atoms with Crippen molar-refractivity contribution >= 4 is 0 Å². The predicted octanol–water partition coefficient (Wildman–Crippen LogP) is 1.57. The standard InChI is InChI=1S/C16H23N3O2/c1-12-4-5-13(2)16(8-12)21-11-15(20)10-17-9-14-6-7-18-19(14)3/h4-8,15,17,20H,9-11H2,1-3H3. The highest BCUT2D eigenvalue weighted by atomic mass is 16.5. The molecule has 0 aliphatic rings. The van der Waals surface area contributed by atoms with Crippen molar-refractivity contribution in [1.82, 2.24) is 15.1 Å². The molecule has 2 N–H and O–H groups in total. The molecule has 2 aromatic rings. The van der Waals surface area contributed by atoms with Gasteiger partial charge in [-0.2, -0.15) is 5.10 Å². The van der Waals surface area contributed by atoms with Crippen molar-refractivity contribution in [2.75, 3.05) is 13.2 Å². The van der Waals surface area contributed by atoms with E-state index >= 15 is 0 Å². The molecule has 21 heavy (non-hydrogen) atoms. The molecule has 0 saturated carbocycles. The maximum atomic E-state index is 9.96. The van der Waals surface area contributed by atoms with Crippen LogP contribution < -0.4 is 10.1 Å². The van der Waals surface area contributed by atoms with Crippen LogP contribution in [0.1, 0.15) is 16.8 Å². The lowest BCUT2D eigenvalue weighted by molar-refractivity contribution is 0.105. The van der Waals surface area contributed by atoms with Crippen molar-refractivity contribution in [1.29, 1.82) is 0 Å². The number of aromatic nitrogens is 2. The Morgan fingerprint density at radius 1 is 1.33 bits per heavy atom. The fraction of sp³-hybridized carbons (Fsp3) is 0.438. The summed E-state index contributed by atoms with van der Waals surface area (Å²) in [5.74, 6) is 0.834. The number of nitrogens with one attached hydrogen (secondary N) is 1. The van der Waals surface area contributed by atoms with E-state index in [9.17, 15) is 5.11 Å². The molecule has 114 valence electrons. The first-order valence-electron chi connectivity index (χ1n) is 7.12. The molecule has 5 heteroatoms. The average Bonchev–Trinajstić information content (AvgIpc) is 2.85. The van der Waals surface area contributed by atoms with Crippen molar-refractivity contribution in [2.24, 2.45) is 7.05 Å². The molecule has 0 aliphatic carbocycles. The van der Waals surface area contributed by atoms with Gasteiger partial charge >= 0.3 is 0 Å². The second-order valence-corrected chi connectivity index (χ2v) is 5.31. The predicted molar refractivity (Wildman–Crippen MR) is 82.3 cm³/mol. The van der Waals surface area contributed by atoms with E-state index in [1.54, 1.807) is 6.20 Å². The molecule has 1 unspecified atom stereocenters. The zero-order chi connectivity index (χ0) is 15.2. The zero-order valence-electron chi connectivity index (χ0n) is 12.8. The van der Waals surface area contributed by atoms with E-state index in [0.29, 0.717) is 13.1 Å². The zero-order valence-corrected chi connectivity index (χ0v) is 12.8. The van der Waals surface area contributed by atoms with Crippen LogP contribution in [0.2, 0.25) is 0 Å². The first-order chi connectivity index (χ1) is 10.1. The van der Waals surface area contributed by atoms with E-state index < -0.39 is 6.10 Å². The van der Waals surface area contributed by atoms with Crippen molar-refractivity contribution in [2.45, 2.75) is 26.5 Å². The maximum absolute atomic E-state index is 9.96. The van der Waals surface area contributed by atoms with E-state index in [-0.39, 0.29) is 6.61 Å². The third kappa shape index (κ3) is 4.58. The number of aliphatic hydroxyl groups is 1. The molecule has 1 aromatic heterocycles. The van der Waals surface area contributed by atoms with Gasteiger partial charge < -0.3 is 15.2 Å². The van der Waals surface area contributed by atoms with Gasteiger partial charge in [-0.15, -0.1) is 0 Å². The molecular formula is C16H23N3O2. The minimum Gasteiger partial charge on any atom is -0.491 e. The van der Waals surface area contributed by atoms with Gasteiger partial charge in [0.25, 0.3) is 0 Å². The van der Waals surface area contributed by atoms with Crippen LogP contribution in [0.15, 0.2) is 30.5 Å². The van der Waals surface area contributed by atoms with Crippen LogP contribution in [0, 0.1) is 13.8 Å². The highest BCUT2D eigenvalue weighted by Gasteiger charge is 2.07. The Morgan fingerprint density at radius 2 is 2.14 bits per heavy atom. The summed E-state index contributed by atoms with van der Waals surface area (Å²) < 4.78 is 7.49. The summed E-state index contributed by atoms with van der Waals surface area (Å²) in [7, 11) is 1.90. The van der Waals surface area contributed by atoms with E-state index in [0.717, 1.165) is 22.6 Å². The second kappa shape index (κ2) is 7.24. The van der Waals surface area contributed by atoms with Crippen molar-refractivity contribution in [3.63, 3.8) is 0 Å². The summed E-state index contributed by atoms with van der Waals surface area (Å²) >= 11 is 0. The molecule has 0 aliphatic heterocycles. The van der Waals surface area contributed by atoms with Gasteiger partial charge in [0.15, 0.2) is 0 Å². The van der Waals surface area contributed by atoms with Gasteiger partial charge in [-0.1, -0.05) is 12.1 Å². The van der Waals surface area contributed by atoms with Crippen LogP contribution in [0.25, 0.3) is 0 Å². The van der Waals surface area contributed by atoms with E-state index in [4.69, 9.17) is 4.74 Å². The highest BCUT2D eigenvalue weighted by Crippen LogP contribution is 2.19. The second-order valence-electron chi connectivity index (χ2n) is 5.31. The molecule has 1 heterocycles. The topological polar surface area (TPSA) is 59.3 Å². The van der Waals surface area contributed by atoms with Crippen molar-refractivity contribution in [3.05, 3.63) is 47.3 Å². The Balaban J connectivity index is 1.73. The molecule has 0 amide bonds. The van der Waals surface area contributed by atoms with Gasteiger partial charge in [0.05, 0.1) is 5.69 Å². The van der Waals surface area contributed by atoms with E-state index in [2.05, 4.69) is 10.4 Å². The quantitative estimate of drug-likeness (QED) is 0.812. The van der Waals surface area contributed by atoms with Gasteiger partial charge in [0.1, 0.15) is 18.5 Å². The van der Waals surface area contributed by atoms with Crippen LogP contribution >= 0.6 is 0 Å². The molecule has 1 atom stereocenters. The number of aryl methyl sites for hydroxylation is 3. The summed E-state index contributed by atoms with van der Waals surface area (Å²) in [5, 5.41) is 17.3. The van der Waals surface area contributed by atoms with Gasteiger partial charge in [0.2, 0.25) is 0 Å². The van der Waals surface area contributed by atoms with Crippen LogP contribution in [0.3, 0.4) is 0 Å². The average molecular weight is 289 g/mol. The van der Waals surface area contributed by atoms with Gasteiger partial charge in [0, 0.05) is 26.3 Å². The van der Waals surface area contributed by atoms with Gasteiger partial charge in [-0.25, -0.2) is 0 Å². The Hall–Kier alpha value is -1.85. The van der Waals surface area contributed by atoms with E-state index in [1.165, 1.54) is 0 Å². The van der Waals surface area contributed by atoms with Crippen molar-refractivity contribution in [3.8, 4) is 5.75 Å². The molecular weight excluding hydrogens is 266 g/mol. The Morgan fingerprint density at radius 3 is 2.86 bits per heavy atom. The summed E-state index contributed by atoms with van der Waals surface area (Å²) in [6.45, 7) is 5.47. The van der Waals surface area contributed by atoms with Crippen LogP contribution in [-0.2, 0) is 13.6 Å². The fourth-order valence-corrected chi connectivity index (χ4v) is 2.05. The number of benzene rings is 1. The lowest BCUT2D eigenvalue weighted by atomic mass is 10.1. The van der Waals surface area contributed by atoms with E-state index in [1.807, 2.05) is 49.8 Å². The first-order valence-corrected chi connectivity index (χ1v) is 7.12. The SMILES string of the molecule is Cc1ccc(C)c(OCC(O)CNCc2ccnn2C)c1. The highest BCUT2D eigenvalue weighted by molar-refractivity contribution is 5.35. The summed E-state index contributed by atoms with van der Waals surface area (Å²) in [4.78, 5) is 0. The third-order valence-electron chi connectivity index (χ3n) is 3.38. The normalized spacial score (nSPS) is 12.4. The number of aliphatic hydroxyl groups excluding tert-OH is 1. The third-order valence-corrected chi connectivity index (χ3v) is 3.38. The minimum absolute atomic E-state index is 0.280. The molecule has 1 aromatic carbocycles. The van der Waals surface area contributed by atoms with Gasteiger partial charge in [-0.05, 0) is 37.1 Å². The Labute approximate surface area is 125 Å². The summed E-state index contributed by atoms with van der Waals surface area (Å²) in [6.07, 6.45) is 1.22. The van der Waals surface area contributed by atoms with Gasteiger partial charge in [-0.3, -0.25) is 4.68 Å². The summed E-state index contributed by atoms with van der Waals surface area (Å²) in [6, 6.07) is 8.02. The molecule has 0 fully saturated rings. The monoisotopic (exact) mass is 289 g/mol. The number of hydrogen-bond donors (Lipinski definition) is 2. The Bertz CT molecular complexity index is 581. The molecule has 0 radical (unpaired) electrons. The lowest BCUT2D eigenvalue weighted by Gasteiger charge is -2.15. The number of nitrogens with zero attached hydrogens (tertiary/aromatic N) is 2.